The van der Waals surface area contributed by atoms with E-state index in [2.05, 4.69) is 34.9 Å². The van der Waals surface area contributed by atoms with Gasteiger partial charge in [-0.2, -0.15) is 0 Å². The lowest BCUT2D eigenvalue weighted by molar-refractivity contribution is -0.115. The highest BCUT2D eigenvalue weighted by atomic mass is 16.2. The van der Waals surface area contributed by atoms with Gasteiger partial charge in [-0.05, 0) is 44.8 Å². The van der Waals surface area contributed by atoms with E-state index in [4.69, 9.17) is 0 Å². The van der Waals surface area contributed by atoms with Gasteiger partial charge in [0.05, 0.1) is 0 Å². The van der Waals surface area contributed by atoms with E-state index < -0.39 is 0 Å². The van der Waals surface area contributed by atoms with Crippen molar-refractivity contribution in [1.29, 1.82) is 0 Å². The predicted molar refractivity (Wildman–Crippen MR) is 119 cm³/mol. The Hall–Kier alpha value is -3.66. The molecular weight excluding hydrogens is 360 g/mol. The molecule has 0 heterocycles. The van der Waals surface area contributed by atoms with Crippen LogP contribution in [0, 0.1) is 0 Å². The van der Waals surface area contributed by atoms with Gasteiger partial charge in [-0.1, -0.05) is 60.7 Å². The summed E-state index contributed by atoms with van der Waals surface area (Å²) in [5, 5.41) is 10.3. The molecule has 0 fully saturated rings. The zero-order valence-corrected chi connectivity index (χ0v) is 16.5. The van der Waals surface area contributed by atoms with Gasteiger partial charge in [0.2, 0.25) is 11.8 Å². The summed E-state index contributed by atoms with van der Waals surface area (Å²) in [6.07, 6.45) is 0.577. The van der Waals surface area contributed by atoms with Crippen molar-refractivity contribution in [2.24, 2.45) is 0 Å². The molecule has 0 saturated carbocycles. The zero-order valence-electron chi connectivity index (χ0n) is 16.5. The quantitative estimate of drug-likeness (QED) is 0.490. The van der Waals surface area contributed by atoms with Gasteiger partial charge in [0.15, 0.2) is 0 Å². The maximum absolute atomic E-state index is 11.8. The van der Waals surface area contributed by atoms with E-state index in [1.54, 1.807) is 0 Å². The third-order valence-electron chi connectivity index (χ3n) is 5.06. The molecule has 0 aliphatic heterocycles. The van der Waals surface area contributed by atoms with Crippen LogP contribution in [0.15, 0.2) is 72.8 Å². The second-order valence-corrected chi connectivity index (χ2v) is 7.16. The van der Waals surface area contributed by atoms with Crippen molar-refractivity contribution < 1.29 is 9.59 Å². The first-order chi connectivity index (χ1) is 14.0. The Kier molecular flexibility index (Phi) is 5.00. The summed E-state index contributed by atoms with van der Waals surface area (Å²) in [5.41, 5.74) is 3.64. The number of hydrogen-bond acceptors (Lipinski definition) is 2. The largest absolute Gasteiger partial charge is 0.326 e. The van der Waals surface area contributed by atoms with E-state index in [1.165, 1.54) is 13.8 Å². The monoisotopic (exact) mass is 382 g/mol. The van der Waals surface area contributed by atoms with Crippen molar-refractivity contribution in [3.8, 4) is 0 Å². The second kappa shape index (κ2) is 7.76. The first-order valence-electron chi connectivity index (χ1n) is 9.59. The summed E-state index contributed by atoms with van der Waals surface area (Å²) in [4.78, 5) is 23.6. The fourth-order valence-corrected chi connectivity index (χ4v) is 3.84. The Morgan fingerprint density at radius 1 is 0.621 bits per heavy atom. The number of hydrogen-bond donors (Lipinski definition) is 2. The van der Waals surface area contributed by atoms with Gasteiger partial charge >= 0.3 is 0 Å². The summed E-state index contributed by atoms with van der Waals surface area (Å²) < 4.78 is 0. The number of fused-ring (bicyclic) bond motifs is 2. The standard InChI is InChI=1S/C25H22N2O2/c1-16(28)26-24-13-11-18-7-3-5-9-20(18)22(24)15-23-21-10-6-4-8-19(21)12-14-25(23)27-17(2)29/h3-14H,15H2,1-2H3,(H,26,28)(H,27,29). The minimum absolute atomic E-state index is 0.110. The zero-order chi connectivity index (χ0) is 20.4. The Morgan fingerprint density at radius 3 is 1.45 bits per heavy atom. The fourth-order valence-electron chi connectivity index (χ4n) is 3.84. The average Bonchev–Trinajstić information content (AvgIpc) is 2.70. The van der Waals surface area contributed by atoms with Crippen molar-refractivity contribution in [2.75, 3.05) is 10.6 Å². The number of amides is 2. The second-order valence-electron chi connectivity index (χ2n) is 7.16. The number of nitrogens with one attached hydrogen (secondary N) is 2. The van der Waals surface area contributed by atoms with Crippen molar-refractivity contribution in [2.45, 2.75) is 20.3 Å². The van der Waals surface area contributed by atoms with Gasteiger partial charge in [-0.3, -0.25) is 9.59 Å². The van der Waals surface area contributed by atoms with Crippen molar-refractivity contribution in [1.82, 2.24) is 0 Å². The summed E-state index contributed by atoms with van der Waals surface area (Å²) in [5.74, 6) is -0.219. The lowest BCUT2D eigenvalue weighted by Crippen LogP contribution is -2.11. The van der Waals surface area contributed by atoms with Crippen LogP contribution in [-0.4, -0.2) is 11.8 Å². The number of rotatable bonds is 4. The van der Waals surface area contributed by atoms with E-state index in [1.807, 2.05) is 48.5 Å². The molecule has 2 N–H and O–H groups in total. The third kappa shape index (κ3) is 3.83. The van der Waals surface area contributed by atoms with Crippen LogP contribution in [0.25, 0.3) is 21.5 Å². The van der Waals surface area contributed by atoms with Crippen LogP contribution in [0.1, 0.15) is 25.0 Å². The maximum Gasteiger partial charge on any atom is 0.221 e. The normalized spacial score (nSPS) is 10.8. The molecule has 0 aliphatic rings. The molecule has 4 heteroatoms. The molecule has 0 saturated heterocycles. The number of benzene rings is 4. The molecular formula is C25H22N2O2. The molecule has 0 aromatic heterocycles. The molecule has 0 bridgehead atoms. The van der Waals surface area contributed by atoms with Gasteiger partial charge in [0, 0.05) is 31.6 Å². The van der Waals surface area contributed by atoms with Gasteiger partial charge in [0.1, 0.15) is 0 Å². The van der Waals surface area contributed by atoms with E-state index in [0.29, 0.717) is 6.42 Å². The van der Waals surface area contributed by atoms with Crippen molar-refractivity contribution >= 4 is 44.7 Å². The van der Waals surface area contributed by atoms with Crippen LogP contribution >= 0.6 is 0 Å². The molecule has 0 aliphatic carbocycles. The van der Waals surface area contributed by atoms with E-state index in [0.717, 1.165) is 44.0 Å². The SMILES string of the molecule is CC(=O)Nc1ccc2ccccc2c1Cc1c(NC(C)=O)ccc2ccccc12. The van der Waals surface area contributed by atoms with Gasteiger partial charge < -0.3 is 10.6 Å². The summed E-state index contributed by atoms with van der Waals surface area (Å²) in [7, 11) is 0. The third-order valence-corrected chi connectivity index (χ3v) is 5.06. The summed E-state index contributed by atoms with van der Waals surface area (Å²) >= 11 is 0. The van der Waals surface area contributed by atoms with Crippen LogP contribution in [0.5, 0.6) is 0 Å². The molecule has 0 unspecified atom stereocenters. The number of carbonyl (C=O) groups excluding carboxylic acids is 2. The van der Waals surface area contributed by atoms with Crippen LogP contribution in [0.2, 0.25) is 0 Å². The Morgan fingerprint density at radius 2 is 1.03 bits per heavy atom. The molecule has 4 aromatic rings. The smallest absolute Gasteiger partial charge is 0.221 e. The van der Waals surface area contributed by atoms with Gasteiger partial charge in [0.25, 0.3) is 0 Å². The van der Waals surface area contributed by atoms with Crippen LogP contribution in [0.3, 0.4) is 0 Å². The maximum atomic E-state index is 11.8. The average molecular weight is 382 g/mol. The number of carbonyl (C=O) groups is 2. The Balaban J connectivity index is 1.96. The molecule has 0 atom stereocenters. The highest BCUT2D eigenvalue weighted by molar-refractivity contribution is 5.99. The molecule has 0 spiro atoms. The first kappa shape index (κ1) is 18.7. The molecule has 4 nitrogen and oxygen atoms in total. The van der Waals surface area contributed by atoms with Gasteiger partial charge in [-0.15, -0.1) is 0 Å². The first-order valence-corrected chi connectivity index (χ1v) is 9.59. The molecule has 0 radical (unpaired) electrons. The number of anilines is 2. The molecule has 29 heavy (non-hydrogen) atoms. The molecule has 144 valence electrons. The minimum atomic E-state index is -0.110. The molecule has 4 aromatic carbocycles. The Bertz CT molecular complexity index is 1150. The Labute approximate surface area is 169 Å². The van der Waals surface area contributed by atoms with Crippen LogP contribution < -0.4 is 10.6 Å². The molecule has 4 rings (SSSR count). The van der Waals surface area contributed by atoms with E-state index >= 15 is 0 Å². The topological polar surface area (TPSA) is 58.2 Å². The predicted octanol–water partition coefficient (Wildman–Crippen LogP) is 5.50. The summed E-state index contributed by atoms with van der Waals surface area (Å²) in [6, 6.07) is 24.2. The molecule has 2 amide bonds. The minimum Gasteiger partial charge on any atom is -0.326 e. The van der Waals surface area contributed by atoms with Crippen LogP contribution in [-0.2, 0) is 16.0 Å². The highest BCUT2D eigenvalue weighted by Crippen LogP contribution is 2.34. The van der Waals surface area contributed by atoms with Crippen molar-refractivity contribution in [3.05, 3.63) is 83.9 Å². The highest BCUT2D eigenvalue weighted by Gasteiger charge is 2.15. The van der Waals surface area contributed by atoms with Gasteiger partial charge in [-0.25, -0.2) is 0 Å². The fraction of sp³-hybridized carbons (Fsp3) is 0.120. The lowest BCUT2D eigenvalue weighted by atomic mass is 9.92. The lowest BCUT2D eigenvalue weighted by Gasteiger charge is -2.18. The summed E-state index contributed by atoms with van der Waals surface area (Å²) in [6.45, 7) is 3.03. The van der Waals surface area contributed by atoms with Crippen LogP contribution in [0.4, 0.5) is 11.4 Å². The van der Waals surface area contributed by atoms with E-state index in [-0.39, 0.29) is 11.8 Å². The van der Waals surface area contributed by atoms with E-state index in [9.17, 15) is 9.59 Å². The van der Waals surface area contributed by atoms with Crippen molar-refractivity contribution in [3.63, 3.8) is 0 Å².